The molecule has 0 aliphatic carbocycles. The summed E-state index contributed by atoms with van der Waals surface area (Å²) in [6.45, 7) is 1.86. The van der Waals surface area contributed by atoms with Gasteiger partial charge in [0.2, 0.25) is 5.91 Å². The molecule has 3 rings (SSSR count). The molecule has 0 bridgehead atoms. The molecule has 5 nitrogen and oxygen atoms in total. The Kier molecular flexibility index (Phi) is 6.07. The van der Waals surface area contributed by atoms with Crippen LogP contribution in [0.4, 0.5) is 5.69 Å². The highest BCUT2D eigenvalue weighted by atomic mass is 35.5. The molecule has 0 spiro atoms. The summed E-state index contributed by atoms with van der Waals surface area (Å²) in [5.41, 5.74) is 2.40. The molecule has 1 N–H and O–H groups in total. The zero-order valence-electron chi connectivity index (χ0n) is 15.3. The van der Waals surface area contributed by atoms with E-state index in [0.717, 1.165) is 5.56 Å². The van der Waals surface area contributed by atoms with Gasteiger partial charge in [0.25, 0.3) is 5.91 Å². The average molecular weight is 417 g/mol. The van der Waals surface area contributed by atoms with E-state index in [-0.39, 0.29) is 18.2 Å². The van der Waals surface area contributed by atoms with Crippen molar-refractivity contribution in [2.24, 2.45) is 0 Å². The Morgan fingerprint density at radius 2 is 1.75 bits per heavy atom. The smallest absolute Gasteiger partial charge is 0.289 e. The van der Waals surface area contributed by atoms with Crippen molar-refractivity contribution < 1.29 is 14.0 Å². The summed E-state index contributed by atoms with van der Waals surface area (Å²) in [6, 6.07) is 15.6. The zero-order chi connectivity index (χ0) is 20.3. The molecule has 144 valence electrons. The molecule has 0 saturated heterocycles. The van der Waals surface area contributed by atoms with E-state index < -0.39 is 5.91 Å². The summed E-state index contributed by atoms with van der Waals surface area (Å²) in [6.07, 6.45) is 0. The van der Waals surface area contributed by atoms with Gasteiger partial charge in [-0.2, -0.15) is 0 Å². The highest BCUT2D eigenvalue weighted by Gasteiger charge is 2.19. The number of hydrogen-bond acceptors (Lipinski definition) is 3. The molecule has 7 heteroatoms. The van der Waals surface area contributed by atoms with Gasteiger partial charge in [0.15, 0.2) is 5.76 Å². The van der Waals surface area contributed by atoms with E-state index in [1.807, 2.05) is 31.2 Å². The first-order chi connectivity index (χ1) is 13.3. The number of furan rings is 1. The van der Waals surface area contributed by atoms with E-state index in [9.17, 15) is 9.59 Å². The Labute approximate surface area is 172 Å². The maximum Gasteiger partial charge on any atom is 0.289 e. The molecule has 1 heterocycles. The van der Waals surface area contributed by atoms with Gasteiger partial charge >= 0.3 is 0 Å². The van der Waals surface area contributed by atoms with E-state index in [2.05, 4.69) is 5.32 Å². The highest BCUT2D eigenvalue weighted by Crippen LogP contribution is 2.31. The first-order valence-corrected chi connectivity index (χ1v) is 9.26. The van der Waals surface area contributed by atoms with E-state index in [1.54, 1.807) is 30.3 Å². The van der Waals surface area contributed by atoms with Crippen LogP contribution in [0.1, 0.15) is 16.1 Å². The number of hydrogen-bond donors (Lipinski definition) is 1. The lowest BCUT2D eigenvalue weighted by Gasteiger charge is -2.15. The van der Waals surface area contributed by atoms with Crippen molar-refractivity contribution in [3.63, 3.8) is 0 Å². The lowest BCUT2D eigenvalue weighted by atomic mass is 10.2. The largest absolute Gasteiger partial charge is 0.451 e. The SMILES string of the molecule is Cc1ccc(NC(=O)CN(C)C(=O)c2ccc(-c3ccc(Cl)cc3Cl)o2)cc1. The normalized spacial score (nSPS) is 10.6. The van der Waals surface area contributed by atoms with E-state index in [4.69, 9.17) is 27.6 Å². The van der Waals surface area contributed by atoms with Gasteiger partial charge < -0.3 is 14.6 Å². The quantitative estimate of drug-likeness (QED) is 0.615. The lowest BCUT2D eigenvalue weighted by Crippen LogP contribution is -2.34. The summed E-state index contributed by atoms with van der Waals surface area (Å²) in [5, 5.41) is 3.69. The minimum Gasteiger partial charge on any atom is -0.451 e. The second kappa shape index (κ2) is 8.50. The predicted molar refractivity (Wildman–Crippen MR) is 111 cm³/mol. The fourth-order valence-corrected chi connectivity index (χ4v) is 3.10. The van der Waals surface area contributed by atoms with Crippen LogP contribution in [0.15, 0.2) is 59.0 Å². The van der Waals surface area contributed by atoms with Gasteiger partial charge in [-0.3, -0.25) is 9.59 Å². The van der Waals surface area contributed by atoms with Gasteiger partial charge in [-0.05, 0) is 49.4 Å². The number of nitrogens with one attached hydrogen (secondary N) is 1. The molecular weight excluding hydrogens is 399 g/mol. The zero-order valence-corrected chi connectivity index (χ0v) is 16.8. The van der Waals surface area contributed by atoms with Crippen molar-refractivity contribution >= 4 is 40.7 Å². The van der Waals surface area contributed by atoms with Crippen LogP contribution in [0.3, 0.4) is 0 Å². The third kappa shape index (κ3) is 4.74. The minimum atomic E-state index is -0.407. The van der Waals surface area contributed by atoms with Crippen molar-refractivity contribution in [2.45, 2.75) is 6.92 Å². The van der Waals surface area contributed by atoms with Crippen LogP contribution in [0.25, 0.3) is 11.3 Å². The molecule has 0 atom stereocenters. The van der Waals surface area contributed by atoms with Crippen molar-refractivity contribution in [1.82, 2.24) is 4.90 Å². The number of aryl methyl sites for hydroxylation is 1. The molecule has 1 aromatic heterocycles. The van der Waals surface area contributed by atoms with Gasteiger partial charge in [0.05, 0.1) is 11.6 Å². The van der Waals surface area contributed by atoms with Crippen LogP contribution in [0.5, 0.6) is 0 Å². The van der Waals surface area contributed by atoms with Gasteiger partial charge in [-0.1, -0.05) is 40.9 Å². The average Bonchev–Trinajstić information content (AvgIpc) is 3.12. The summed E-state index contributed by atoms with van der Waals surface area (Å²) in [4.78, 5) is 26.0. The standard InChI is InChI=1S/C21H18Cl2N2O3/c1-13-3-6-15(7-4-13)24-20(26)12-25(2)21(27)19-10-9-18(28-19)16-8-5-14(22)11-17(16)23/h3-11H,12H2,1-2H3,(H,24,26). The number of anilines is 1. The monoisotopic (exact) mass is 416 g/mol. The van der Waals surface area contributed by atoms with Gasteiger partial charge in [-0.15, -0.1) is 0 Å². The molecule has 0 radical (unpaired) electrons. The Balaban J connectivity index is 1.65. The topological polar surface area (TPSA) is 62.6 Å². The molecule has 0 saturated carbocycles. The van der Waals surface area contributed by atoms with Crippen LogP contribution in [-0.2, 0) is 4.79 Å². The van der Waals surface area contributed by atoms with Crippen LogP contribution in [-0.4, -0.2) is 30.3 Å². The maximum absolute atomic E-state index is 12.6. The minimum absolute atomic E-state index is 0.107. The summed E-state index contributed by atoms with van der Waals surface area (Å²) >= 11 is 12.1. The third-order valence-electron chi connectivity index (χ3n) is 4.08. The number of amides is 2. The fourth-order valence-electron chi connectivity index (χ4n) is 2.60. The summed E-state index contributed by atoms with van der Waals surface area (Å²) < 4.78 is 5.64. The van der Waals surface area contributed by atoms with Gasteiger partial charge in [0, 0.05) is 23.3 Å². The summed E-state index contributed by atoms with van der Waals surface area (Å²) in [5.74, 6) is -0.142. The second-order valence-electron chi connectivity index (χ2n) is 6.36. The fraction of sp³-hybridized carbons (Fsp3) is 0.143. The molecule has 0 aliphatic heterocycles. The van der Waals surface area contributed by atoms with Gasteiger partial charge in [0.1, 0.15) is 5.76 Å². The van der Waals surface area contributed by atoms with Crippen molar-refractivity contribution in [1.29, 1.82) is 0 Å². The Bertz CT molecular complexity index is 1010. The summed E-state index contributed by atoms with van der Waals surface area (Å²) in [7, 11) is 1.54. The Hall–Kier alpha value is -2.76. The number of benzene rings is 2. The van der Waals surface area contributed by atoms with Gasteiger partial charge in [-0.25, -0.2) is 0 Å². The van der Waals surface area contributed by atoms with E-state index in [1.165, 1.54) is 11.9 Å². The van der Waals surface area contributed by atoms with Crippen molar-refractivity contribution in [3.05, 3.63) is 76.0 Å². The number of likely N-dealkylation sites (N-methyl/N-ethyl adjacent to an activating group) is 1. The number of carbonyl (C=O) groups is 2. The number of carbonyl (C=O) groups excluding carboxylic acids is 2. The number of nitrogens with zero attached hydrogens (tertiary/aromatic N) is 1. The molecule has 2 amide bonds. The highest BCUT2D eigenvalue weighted by molar-refractivity contribution is 6.36. The van der Waals surface area contributed by atoms with Crippen LogP contribution >= 0.6 is 23.2 Å². The third-order valence-corrected chi connectivity index (χ3v) is 4.62. The molecule has 0 fully saturated rings. The van der Waals surface area contributed by atoms with Crippen LogP contribution in [0, 0.1) is 6.92 Å². The molecule has 2 aromatic carbocycles. The first-order valence-electron chi connectivity index (χ1n) is 8.51. The second-order valence-corrected chi connectivity index (χ2v) is 7.21. The molecule has 0 unspecified atom stereocenters. The Morgan fingerprint density at radius 3 is 2.43 bits per heavy atom. The first kappa shape index (κ1) is 20.0. The van der Waals surface area contributed by atoms with Crippen molar-refractivity contribution in [2.75, 3.05) is 18.9 Å². The molecule has 3 aromatic rings. The lowest BCUT2D eigenvalue weighted by molar-refractivity contribution is -0.116. The van der Waals surface area contributed by atoms with Crippen LogP contribution in [0.2, 0.25) is 10.0 Å². The van der Waals surface area contributed by atoms with E-state index in [0.29, 0.717) is 27.1 Å². The van der Waals surface area contributed by atoms with Crippen molar-refractivity contribution in [3.8, 4) is 11.3 Å². The van der Waals surface area contributed by atoms with E-state index >= 15 is 0 Å². The predicted octanol–water partition coefficient (Wildman–Crippen LogP) is 5.27. The molecular formula is C21H18Cl2N2O3. The number of rotatable bonds is 5. The number of halogens is 2. The Morgan fingerprint density at radius 1 is 1.04 bits per heavy atom. The molecule has 0 aliphatic rings. The van der Waals surface area contributed by atoms with Crippen LogP contribution < -0.4 is 5.32 Å². The molecule has 28 heavy (non-hydrogen) atoms. The maximum atomic E-state index is 12.6.